The lowest BCUT2D eigenvalue weighted by Gasteiger charge is -2.10. The second-order valence-electron chi connectivity index (χ2n) is 4.48. The fraction of sp³-hybridized carbons (Fsp3) is 0.0667. The molecular formula is C15H11F3N2O2. The average molecular weight is 308 g/mol. The normalized spacial score (nSPS) is 11.0. The summed E-state index contributed by atoms with van der Waals surface area (Å²) in [5.74, 6) is -1.34. The van der Waals surface area contributed by atoms with Gasteiger partial charge in [0, 0.05) is 16.8 Å². The quantitative estimate of drug-likeness (QED) is 0.914. The van der Waals surface area contributed by atoms with Gasteiger partial charge in [-0.1, -0.05) is 12.1 Å². The van der Waals surface area contributed by atoms with Gasteiger partial charge in [-0.25, -0.2) is 0 Å². The van der Waals surface area contributed by atoms with Gasteiger partial charge in [0.1, 0.15) is 0 Å². The Morgan fingerprint density at radius 2 is 1.59 bits per heavy atom. The minimum Gasteiger partial charge on any atom is -0.366 e. The van der Waals surface area contributed by atoms with E-state index in [-0.39, 0.29) is 16.8 Å². The number of anilines is 1. The Morgan fingerprint density at radius 1 is 0.955 bits per heavy atom. The first-order valence-corrected chi connectivity index (χ1v) is 6.16. The lowest BCUT2D eigenvalue weighted by molar-refractivity contribution is -0.137. The highest BCUT2D eigenvalue weighted by Gasteiger charge is 2.30. The largest absolute Gasteiger partial charge is 0.416 e. The number of carbonyl (C=O) groups is 2. The van der Waals surface area contributed by atoms with E-state index in [1.807, 2.05) is 0 Å². The number of halogens is 3. The highest BCUT2D eigenvalue weighted by molar-refractivity contribution is 6.06. The molecule has 0 saturated heterocycles. The van der Waals surface area contributed by atoms with Crippen LogP contribution in [-0.4, -0.2) is 11.8 Å². The topological polar surface area (TPSA) is 72.2 Å². The summed E-state index contributed by atoms with van der Waals surface area (Å²) in [6.07, 6.45) is -4.49. The molecule has 4 nitrogen and oxygen atoms in total. The van der Waals surface area contributed by atoms with Crippen LogP contribution in [0.3, 0.4) is 0 Å². The number of hydrogen-bond acceptors (Lipinski definition) is 2. The van der Waals surface area contributed by atoms with E-state index in [9.17, 15) is 22.8 Å². The summed E-state index contributed by atoms with van der Waals surface area (Å²) >= 11 is 0. The molecule has 114 valence electrons. The molecule has 0 aromatic heterocycles. The standard InChI is InChI=1S/C15H11F3N2O2/c16-15(17,18)11-5-2-6-12(8-11)20-14(22)10-4-1-3-9(7-10)13(19)21/h1-8H,(H2,19,21)(H,20,22). The molecule has 0 spiro atoms. The highest BCUT2D eigenvalue weighted by atomic mass is 19.4. The third-order valence-electron chi connectivity index (χ3n) is 2.86. The van der Waals surface area contributed by atoms with E-state index in [0.717, 1.165) is 12.1 Å². The van der Waals surface area contributed by atoms with Crippen LogP contribution < -0.4 is 11.1 Å². The van der Waals surface area contributed by atoms with Crippen LogP contribution in [0.2, 0.25) is 0 Å². The van der Waals surface area contributed by atoms with Gasteiger partial charge in [-0.2, -0.15) is 13.2 Å². The van der Waals surface area contributed by atoms with Crippen LogP contribution in [0.15, 0.2) is 48.5 Å². The molecule has 0 saturated carbocycles. The Labute approximate surface area is 123 Å². The number of primary amides is 1. The maximum atomic E-state index is 12.6. The Bertz CT molecular complexity index is 727. The molecule has 22 heavy (non-hydrogen) atoms. The van der Waals surface area contributed by atoms with Crippen LogP contribution in [0.1, 0.15) is 26.3 Å². The number of benzene rings is 2. The summed E-state index contributed by atoms with van der Waals surface area (Å²) in [5.41, 5.74) is 4.50. The molecule has 2 amide bonds. The number of rotatable bonds is 3. The van der Waals surface area contributed by atoms with Gasteiger partial charge >= 0.3 is 6.18 Å². The van der Waals surface area contributed by atoms with Crippen molar-refractivity contribution < 1.29 is 22.8 Å². The van der Waals surface area contributed by atoms with Crippen LogP contribution in [0.25, 0.3) is 0 Å². The van der Waals surface area contributed by atoms with Gasteiger partial charge in [-0.05, 0) is 36.4 Å². The lowest BCUT2D eigenvalue weighted by Crippen LogP contribution is -2.15. The molecule has 3 N–H and O–H groups in total. The number of nitrogens with one attached hydrogen (secondary N) is 1. The Morgan fingerprint density at radius 3 is 2.23 bits per heavy atom. The van der Waals surface area contributed by atoms with Crippen molar-refractivity contribution >= 4 is 17.5 Å². The molecule has 2 aromatic carbocycles. The van der Waals surface area contributed by atoms with Gasteiger partial charge in [0.25, 0.3) is 5.91 Å². The molecule has 0 aliphatic rings. The van der Waals surface area contributed by atoms with E-state index < -0.39 is 23.6 Å². The molecule has 2 aromatic rings. The van der Waals surface area contributed by atoms with E-state index in [2.05, 4.69) is 5.32 Å². The molecule has 0 aliphatic carbocycles. The number of amides is 2. The molecule has 0 fully saturated rings. The molecule has 2 rings (SSSR count). The van der Waals surface area contributed by atoms with Crippen LogP contribution in [0.4, 0.5) is 18.9 Å². The summed E-state index contributed by atoms with van der Waals surface area (Å²) in [7, 11) is 0. The molecule has 0 atom stereocenters. The van der Waals surface area contributed by atoms with Gasteiger partial charge in [0.15, 0.2) is 0 Å². The van der Waals surface area contributed by atoms with Crippen LogP contribution >= 0.6 is 0 Å². The van der Waals surface area contributed by atoms with Gasteiger partial charge in [0.05, 0.1) is 5.56 Å². The van der Waals surface area contributed by atoms with E-state index in [1.165, 1.54) is 36.4 Å². The summed E-state index contributed by atoms with van der Waals surface area (Å²) in [6, 6.07) is 9.85. The molecule has 0 aliphatic heterocycles. The second kappa shape index (κ2) is 5.88. The molecule has 0 unspecified atom stereocenters. The smallest absolute Gasteiger partial charge is 0.366 e. The first kappa shape index (κ1) is 15.6. The monoisotopic (exact) mass is 308 g/mol. The minimum absolute atomic E-state index is 0.00398. The molecule has 0 radical (unpaired) electrons. The molecule has 0 heterocycles. The first-order chi connectivity index (χ1) is 10.3. The zero-order chi connectivity index (χ0) is 16.3. The van der Waals surface area contributed by atoms with E-state index in [4.69, 9.17) is 5.73 Å². The van der Waals surface area contributed by atoms with Crippen LogP contribution in [0.5, 0.6) is 0 Å². The van der Waals surface area contributed by atoms with Gasteiger partial charge < -0.3 is 11.1 Å². The first-order valence-electron chi connectivity index (χ1n) is 6.16. The maximum absolute atomic E-state index is 12.6. The van der Waals surface area contributed by atoms with Crippen molar-refractivity contribution in [1.29, 1.82) is 0 Å². The highest BCUT2D eigenvalue weighted by Crippen LogP contribution is 2.30. The Kier molecular flexibility index (Phi) is 4.16. The van der Waals surface area contributed by atoms with Crippen molar-refractivity contribution in [1.82, 2.24) is 0 Å². The van der Waals surface area contributed by atoms with Crippen molar-refractivity contribution in [3.05, 3.63) is 65.2 Å². The van der Waals surface area contributed by atoms with Crippen LogP contribution in [-0.2, 0) is 6.18 Å². The summed E-state index contributed by atoms with van der Waals surface area (Å²) in [6.45, 7) is 0. The predicted octanol–water partition coefficient (Wildman–Crippen LogP) is 3.06. The second-order valence-corrected chi connectivity index (χ2v) is 4.48. The van der Waals surface area contributed by atoms with Crippen LogP contribution in [0, 0.1) is 0 Å². The Balaban J connectivity index is 2.22. The molecule has 0 bridgehead atoms. The Hall–Kier alpha value is -2.83. The summed E-state index contributed by atoms with van der Waals surface area (Å²) in [4.78, 5) is 23.1. The SMILES string of the molecule is NC(=O)c1cccc(C(=O)Nc2cccc(C(F)(F)F)c2)c1. The minimum atomic E-state index is -4.49. The third-order valence-corrected chi connectivity index (χ3v) is 2.86. The number of nitrogens with two attached hydrogens (primary N) is 1. The fourth-order valence-electron chi connectivity index (χ4n) is 1.79. The molecular weight excluding hydrogens is 297 g/mol. The summed E-state index contributed by atoms with van der Waals surface area (Å²) < 4.78 is 37.8. The van der Waals surface area contributed by atoms with Crippen molar-refractivity contribution in [3.8, 4) is 0 Å². The average Bonchev–Trinajstić information content (AvgIpc) is 2.46. The fourth-order valence-corrected chi connectivity index (χ4v) is 1.79. The number of hydrogen-bond donors (Lipinski definition) is 2. The van der Waals surface area contributed by atoms with Crippen molar-refractivity contribution in [2.75, 3.05) is 5.32 Å². The van der Waals surface area contributed by atoms with E-state index in [0.29, 0.717) is 0 Å². The maximum Gasteiger partial charge on any atom is 0.416 e. The van der Waals surface area contributed by atoms with E-state index >= 15 is 0 Å². The van der Waals surface area contributed by atoms with Gasteiger partial charge in [-0.3, -0.25) is 9.59 Å². The molecule has 7 heteroatoms. The van der Waals surface area contributed by atoms with E-state index in [1.54, 1.807) is 0 Å². The summed E-state index contributed by atoms with van der Waals surface area (Å²) in [5, 5.41) is 2.35. The van der Waals surface area contributed by atoms with Crippen molar-refractivity contribution in [2.45, 2.75) is 6.18 Å². The van der Waals surface area contributed by atoms with Gasteiger partial charge in [-0.15, -0.1) is 0 Å². The predicted molar refractivity (Wildman–Crippen MR) is 74.4 cm³/mol. The van der Waals surface area contributed by atoms with Crippen molar-refractivity contribution in [2.24, 2.45) is 5.73 Å². The number of alkyl halides is 3. The number of carbonyl (C=O) groups excluding carboxylic acids is 2. The zero-order valence-corrected chi connectivity index (χ0v) is 11.1. The lowest BCUT2D eigenvalue weighted by atomic mass is 10.1. The zero-order valence-electron chi connectivity index (χ0n) is 11.1. The van der Waals surface area contributed by atoms with Crippen molar-refractivity contribution in [3.63, 3.8) is 0 Å². The third kappa shape index (κ3) is 3.63. The van der Waals surface area contributed by atoms with Gasteiger partial charge in [0.2, 0.25) is 5.91 Å².